The van der Waals surface area contributed by atoms with E-state index in [1.807, 2.05) is 12.1 Å². The fourth-order valence-corrected chi connectivity index (χ4v) is 2.93. The summed E-state index contributed by atoms with van der Waals surface area (Å²) in [6, 6.07) is 7.19. The van der Waals surface area contributed by atoms with E-state index in [0.29, 0.717) is 11.3 Å². The zero-order valence-electron chi connectivity index (χ0n) is 6.30. The molecule has 1 aliphatic heterocycles. The van der Waals surface area contributed by atoms with Gasteiger partial charge >= 0.3 is 0 Å². The molecule has 0 atom stereocenters. The van der Waals surface area contributed by atoms with Crippen molar-refractivity contribution < 1.29 is 46.2 Å². The second kappa shape index (κ2) is 3.66. The Morgan fingerprint density at radius 1 is 1.17 bits per heavy atom. The second-order valence-corrected chi connectivity index (χ2v) is 4.75. The van der Waals surface area contributed by atoms with Crippen molar-refractivity contribution in [3.63, 3.8) is 0 Å². The van der Waals surface area contributed by atoms with E-state index in [-0.39, 0.29) is 43.5 Å². The summed E-state index contributed by atoms with van der Waals surface area (Å²) in [7, 11) is -2.91. The molecule has 0 bridgehead atoms. The van der Waals surface area contributed by atoms with Gasteiger partial charge in [0.15, 0.2) is 9.84 Å². The molecule has 66 valence electrons. The van der Waals surface area contributed by atoms with Crippen molar-refractivity contribution in [1.82, 2.24) is 0 Å². The molecular weight excluding hydrogens is 200 g/mol. The van der Waals surface area contributed by atoms with Gasteiger partial charge in [-0.1, -0.05) is 18.2 Å². The van der Waals surface area contributed by atoms with E-state index in [1.165, 1.54) is 0 Å². The van der Waals surface area contributed by atoms with Crippen LogP contribution in [-0.4, -0.2) is 14.2 Å². The zero-order valence-corrected chi connectivity index (χ0v) is 7.83. The van der Waals surface area contributed by atoms with Gasteiger partial charge in [-0.15, -0.1) is 0 Å². The van der Waals surface area contributed by atoms with Gasteiger partial charge in [0.25, 0.3) is 0 Å². The molecule has 2 rings (SSSR count). The van der Waals surface area contributed by atoms with Gasteiger partial charge in [-0.2, -0.15) is 0 Å². The van der Waals surface area contributed by atoms with E-state index in [4.69, 9.17) is 0 Å². The minimum Gasteiger partial charge on any atom is -0.224 e. The zero-order chi connectivity index (χ0) is 7.90. The summed E-state index contributed by atoms with van der Waals surface area (Å²) < 4.78 is 22.5. The molecule has 0 fully saturated rings. The molecule has 1 heterocycles. The maximum absolute atomic E-state index is 11.3. The predicted octanol–water partition coefficient (Wildman–Crippen LogP) is 1.02. The molecule has 12 heavy (non-hydrogen) atoms. The van der Waals surface area contributed by atoms with Crippen LogP contribution in [0.1, 0.15) is 5.56 Å². The molecule has 0 spiro atoms. The standard InChI is InChI=1S/C8H8O2S.Ar/c9-11(10)6-5-7-3-1-2-4-8(7)11;/h1-4H,5-6H2;. The average molecular weight is 208 g/mol. The Kier molecular flexibility index (Phi) is 3.21. The minimum absolute atomic E-state index is 0. The molecule has 0 N–H and O–H groups in total. The van der Waals surface area contributed by atoms with Crippen LogP contribution in [0.3, 0.4) is 0 Å². The third-order valence-electron chi connectivity index (χ3n) is 1.95. The molecule has 0 amide bonds. The first-order chi connectivity index (χ1) is 5.20. The van der Waals surface area contributed by atoms with E-state index >= 15 is 0 Å². The van der Waals surface area contributed by atoms with Gasteiger partial charge in [-0.3, -0.25) is 0 Å². The molecule has 0 saturated heterocycles. The molecule has 1 aliphatic rings. The molecular formula is C8H8ArO2S. The van der Waals surface area contributed by atoms with Crippen LogP contribution in [0.15, 0.2) is 29.2 Å². The van der Waals surface area contributed by atoms with Crippen LogP contribution in [0.4, 0.5) is 0 Å². The Hall–Kier alpha value is 0.430. The molecule has 0 unspecified atom stereocenters. The number of hydrogen-bond donors (Lipinski definition) is 0. The number of sulfone groups is 1. The summed E-state index contributed by atoms with van der Waals surface area (Å²) in [5.41, 5.74) is 0.965. The van der Waals surface area contributed by atoms with Crippen molar-refractivity contribution in [2.24, 2.45) is 0 Å². The second-order valence-electron chi connectivity index (χ2n) is 2.68. The summed E-state index contributed by atoms with van der Waals surface area (Å²) in [6.07, 6.45) is 0.679. The number of benzene rings is 1. The Bertz CT molecular complexity index is 384. The summed E-state index contributed by atoms with van der Waals surface area (Å²) >= 11 is 0. The van der Waals surface area contributed by atoms with Crippen molar-refractivity contribution in [2.75, 3.05) is 5.75 Å². The first-order valence-electron chi connectivity index (χ1n) is 3.51. The fourth-order valence-electron chi connectivity index (χ4n) is 1.37. The number of aryl methyl sites for hydroxylation is 1. The first-order valence-corrected chi connectivity index (χ1v) is 5.16. The van der Waals surface area contributed by atoms with Crippen LogP contribution in [-0.2, 0) is 16.3 Å². The van der Waals surface area contributed by atoms with E-state index in [2.05, 4.69) is 0 Å². The van der Waals surface area contributed by atoms with Crippen LogP contribution >= 0.6 is 0 Å². The maximum Gasteiger partial charge on any atom is 0.178 e. The Balaban J connectivity index is 0.000000720. The van der Waals surface area contributed by atoms with Crippen molar-refractivity contribution in [2.45, 2.75) is 11.3 Å². The van der Waals surface area contributed by atoms with E-state index < -0.39 is 9.84 Å². The van der Waals surface area contributed by atoms with E-state index in [1.54, 1.807) is 12.1 Å². The van der Waals surface area contributed by atoms with E-state index in [0.717, 1.165) is 5.56 Å². The van der Waals surface area contributed by atoms with Crippen LogP contribution in [0.2, 0.25) is 0 Å². The van der Waals surface area contributed by atoms with Gasteiger partial charge in [0.2, 0.25) is 0 Å². The van der Waals surface area contributed by atoms with E-state index in [9.17, 15) is 8.42 Å². The topological polar surface area (TPSA) is 34.1 Å². The van der Waals surface area contributed by atoms with Crippen molar-refractivity contribution in [3.05, 3.63) is 29.8 Å². The largest absolute Gasteiger partial charge is 0.224 e. The molecule has 1 aromatic carbocycles. The number of rotatable bonds is 0. The normalized spacial score (nSPS) is 18.0. The van der Waals surface area contributed by atoms with Crippen LogP contribution in [0, 0.1) is 37.7 Å². The van der Waals surface area contributed by atoms with Gasteiger partial charge < -0.3 is 0 Å². The maximum atomic E-state index is 11.3. The summed E-state index contributed by atoms with van der Waals surface area (Å²) in [5, 5.41) is 0. The molecule has 4 heteroatoms. The molecule has 0 radical (unpaired) electrons. The Morgan fingerprint density at radius 2 is 1.83 bits per heavy atom. The van der Waals surface area contributed by atoms with Crippen LogP contribution < -0.4 is 0 Å². The summed E-state index contributed by atoms with van der Waals surface area (Å²) in [4.78, 5) is 0.528. The number of hydrogen-bond acceptors (Lipinski definition) is 2. The number of fused-ring (bicyclic) bond motifs is 1. The van der Waals surface area contributed by atoms with Crippen molar-refractivity contribution in [1.29, 1.82) is 0 Å². The molecule has 0 aromatic heterocycles. The predicted molar refractivity (Wildman–Crippen MR) is 42.2 cm³/mol. The van der Waals surface area contributed by atoms with Gasteiger partial charge in [-0.05, 0) is 18.1 Å². The Labute approximate surface area is 102 Å². The van der Waals surface area contributed by atoms with Crippen LogP contribution in [0.5, 0.6) is 0 Å². The Morgan fingerprint density at radius 3 is 2.50 bits per heavy atom. The third kappa shape index (κ3) is 1.69. The van der Waals surface area contributed by atoms with Crippen LogP contribution in [0.25, 0.3) is 0 Å². The third-order valence-corrected chi connectivity index (χ3v) is 3.76. The fraction of sp³-hybridized carbons (Fsp3) is 0.250. The minimum atomic E-state index is -2.91. The molecule has 0 saturated carbocycles. The van der Waals surface area contributed by atoms with Gasteiger partial charge in [0.05, 0.1) is 10.6 Å². The summed E-state index contributed by atoms with van der Waals surface area (Å²) in [5.74, 6) is 0.284. The van der Waals surface area contributed by atoms with Crippen molar-refractivity contribution in [3.8, 4) is 0 Å². The van der Waals surface area contributed by atoms with Crippen molar-refractivity contribution >= 4 is 9.84 Å². The quantitative estimate of drug-likeness (QED) is 0.637. The first kappa shape index (κ1) is 10.5. The average Bonchev–Trinajstić information content (AvgIpc) is 2.29. The van der Waals surface area contributed by atoms with Gasteiger partial charge in [0.1, 0.15) is 0 Å². The molecule has 1 aromatic rings. The summed E-state index contributed by atoms with van der Waals surface area (Å²) in [6.45, 7) is 0. The monoisotopic (exact) mass is 208 g/mol. The molecule has 2 nitrogen and oxygen atoms in total. The van der Waals surface area contributed by atoms with Gasteiger partial charge in [-0.25, -0.2) is 8.42 Å². The molecule has 0 aliphatic carbocycles. The van der Waals surface area contributed by atoms with Gasteiger partial charge in [0, 0.05) is 37.7 Å². The SMILES string of the molecule is O=S1(=O)CCc2ccccc21.[Ar]. The smallest absolute Gasteiger partial charge is 0.178 e.